The molecule has 0 radical (unpaired) electrons. The first-order valence-corrected chi connectivity index (χ1v) is 4.80. The van der Waals surface area contributed by atoms with Gasteiger partial charge in [-0.1, -0.05) is 6.92 Å². The molecule has 78 valence electrons. The van der Waals surface area contributed by atoms with Gasteiger partial charge in [-0.3, -0.25) is 0 Å². The van der Waals surface area contributed by atoms with Crippen molar-refractivity contribution in [2.75, 3.05) is 26.7 Å². The Hall–Kier alpha value is -0.770. The number of hydrogen-bond acceptors (Lipinski definition) is 2. The summed E-state index contributed by atoms with van der Waals surface area (Å²) < 4.78 is 0. The number of amides is 2. The largest absolute Gasteiger partial charge is 0.338 e. The summed E-state index contributed by atoms with van der Waals surface area (Å²) in [7, 11) is 1.78. The minimum absolute atomic E-state index is 0.00799. The molecular formula is C9H21N3O. The first-order chi connectivity index (χ1) is 6.11. The van der Waals surface area contributed by atoms with E-state index in [2.05, 4.69) is 12.2 Å². The Kier molecular flexibility index (Phi) is 6.32. The molecule has 1 unspecified atom stereocenters. The number of rotatable bonds is 5. The molecule has 4 nitrogen and oxygen atoms in total. The van der Waals surface area contributed by atoms with Gasteiger partial charge in [0.2, 0.25) is 0 Å². The van der Waals surface area contributed by atoms with E-state index in [4.69, 9.17) is 5.73 Å². The van der Waals surface area contributed by atoms with Gasteiger partial charge in [0.05, 0.1) is 0 Å². The smallest absolute Gasteiger partial charge is 0.317 e. The van der Waals surface area contributed by atoms with Crippen molar-refractivity contribution in [3.8, 4) is 0 Å². The van der Waals surface area contributed by atoms with Gasteiger partial charge in [-0.15, -0.1) is 0 Å². The molecule has 0 fully saturated rings. The normalized spacial score (nSPS) is 12.3. The van der Waals surface area contributed by atoms with E-state index in [9.17, 15) is 4.79 Å². The molecule has 3 N–H and O–H groups in total. The first kappa shape index (κ1) is 12.2. The predicted molar refractivity (Wildman–Crippen MR) is 54.5 cm³/mol. The summed E-state index contributed by atoms with van der Waals surface area (Å²) in [5.41, 5.74) is 5.40. The minimum atomic E-state index is -0.00799. The SMILES string of the molecule is CCN(C)C(=O)NCC(C)CCN. The van der Waals surface area contributed by atoms with Crippen molar-refractivity contribution in [2.45, 2.75) is 20.3 Å². The van der Waals surface area contributed by atoms with Crippen LogP contribution < -0.4 is 11.1 Å². The molecule has 2 amide bonds. The lowest BCUT2D eigenvalue weighted by Gasteiger charge is -2.17. The van der Waals surface area contributed by atoms with Crippen LogP contribution in [0.4, 0.5) is 4.79 Å². The summed E-state index contributed by atoms with van der Waals surface area (Å²) in [5, 5.41) is 2.85. The van der Waals surface area contributed by atoms with E-state index in [1.54, 1.807) is 11.9 Å². The Morgan fingerprint density at radius 3 is 2.69 bits per heavy atom. The maximum absolute atomic E-state index is 11.3. The molecule has 0 bridgehead atoms. The monoisotopic (exact) mass is 187 g/mol. The van der Waals surface area contributed by atoms with Crippen molar-refractivity contribution in [3.63, 3.8) is 0 Å². The number of nitrogens with one attached hydrogen (secondary N) is 1. The van der Waals surface area contributed by atoms with Crippen molar-refractivity contribution in [3.05, 3.63) is 0 Å². The van der Waals surface area contributed by atoms with Gasteiger partial charge < -0.3 is 16.0 Å². The van der Waals surface area contributed by atoms with Gasteiger partial charge >= 0.3 is 6.03 Å². The lowest BCUT2D eigenvalue weighted by atomic mass is 10.1. The fourth-order valence-corrected chi connectivity index (χ4v) is 0.927. The third-order valence-corrected chi connectivity index (χ3v) is 2.08. The molecule has 13 heavy (non-hydrogen) atoms. The van der Waals surface area contributed by atoms with E-state index in [-0.39, 0.29) is 6.03 Å². The molecule has 4 heteroatoms. The van der Waals surface area contributed by atoms with Crippen LogP contribution in [0.15, 0.2) is 0 Å². The second kappa shape index (κ2) is 6.71. The highest BCUT2D eigenvalue weighted by atomic mass is 16.2. The maximum atomic E-state index is 11.3. The molecule has 0 aromatic heterocycles. The Balaban J connectivity index is 3.57. The van der Waals surface area contributed by atoms with Gasteiger partial charge in [-0.25, -0.2) is 4.79 Å². The molecule has 0 aliphatic carbocycles. The molecule has 0 saturated carbocycles. The van der Waals surface area contributed by atoms with Crippen molar-refractivity contribution >= 4 is 6.03 Å². The summed E-state index contributed by atoms with van der Waals surface area (Å²) in [6, 6.07) is -0.00799. The highest BCUT2D eigenvalue weighted by molar-refractivity contribution is 5.73. The number of nitrogens with zero attached hydrogens (tertiary/aromatic N) is 1. The topological polar surface area (TPSA) is 58.4 Å². The fourth-order valence-electron chi connectivity index (χ4n) is 0.927. The van der Waals surface area contributed by atoms with Crippen LogP contribution in [0.5, 0.6) is 0 Å². The van der Waals surface area contributed by atoms with E-state index in [1.807, 2.05) is 6.92 Å². The molecule has 0 aromatic carbocycles. The Labute approximate surface area is 80.5 Å². The Morgan fingerprint density at radius 1 is 1.62 bits per heavy atom. The van der Waals surface area contributed by atoms with Crippen LogP contribution >= 0.6 is 0 Å². The lowest BCUT2D eigenvalue weighted by Crippen LogP contribution is -2.39. The Morgan fingerprint density at radius 2 is 2.23 bits per heavy atom. The predicted octanol–water partition coefficient (Wildman–Crippen LogP) is 0.633. The quantitative estimate of drug-likeness (QED) is 0.663. The van der Waals surface area contributed by atoms with E-state index < -0.39 is 0 Å². The minimum Gasteiger partial charge on any atom is -0.338 e. The highest BCUT2D eigenvalue weighted by Crippen LogP contribution is 1.97. The summed E-state index contributed by atoms with van der Waals surface area (Å²) in [6.07, 6.45) is 0.954. The van der Waals surface area contributed by atoms with Crippen molar-refractivity contribution in [2.24, 2.45) is 11.7 Å². The molecule has 0 aromatic rings. The highest BCUT2D eigenvalue weighted by Gasteiger charge is 2.07. The van der Waals surface area contributed by atoms with Gasteiger partial charge in [0.15, 0.2) is 0 Å². The molecular weight excluding hydrogens is 166 g/mol. The average molecular weight is 187 g/mol. The molecule has 0 heterocycles. The molecule has 0 saturated heterocycles. The second-order valence-electron chi connectivity index (χ2n) is 3.38. The van der Waals surface area contributed by atoms with Crippen LogP contribution in [0.3, 0.4) is 0 Å². The fraction of sp³-hybridized carbons (Fsp3) is 0.889. The van der Waals surface area contributed by atoms with Crippen molar-refractivity contribution in [1.82, 2.24) is 10.2 Å². The summed E-state index contributed by atoms with van der Waals surface area (Å²) >= 11 is 0. The van der Waals surface area contributed by atoms with Gasteiger partial charge in [0, 0.05) is 20.1 Å². The number of hydrogen-bond donors (Lipinski definition) is 2. The van der Waals surface area contributed by atoms with Crippen LogP contribution in [0, 0.1) is 5.92 Å². The summed E-state index contributed by atoms with van der Waals surface area (Å²) in [6.45, 7) is 6.15. The van der Waals surface area contributed by atoms with E-state index in [0.717, 1.165) is 13.0 Å². The zero-order valence-corrected chi connectivity index (χ0v) is 8.84. The van der Waals surface area contributed by atoms with Gasteiger partial charge in [-0.05, 0) is 25.8 Å². The summed E-state index contributed by atoms with van der Waals surface area (Å²) in [4.78, 5) is 12.9. The summed E-state index contributed by atoms with van der Waals surface area (Å²) in [5.74, 6) is 0.458. The number of urea groups is 1. The second-order valence-corrected chi connectivity index (χ2v) is 3.38. The molecule has 0 rings (SSSR count). The third-order valence-electron chi connectivity index (χ3n) is 2.08. The molecule has 1 atom stereocenters. The van der Waals surface area contributed by atoms with Gasteiger partial charge in [-0.2, -0.15) is 0 Å². The first-order valence-electron chi connectivity index (χ1n) is 4.80. The van der Waals surface area contributed by atoms with E-state index in [1.165, 1.54) is 0 Å². The van der Waals surface area contributed by atoms with Crippen LogP contribution in [0.25, 0.3) is 0 Å². The third kappa shape index (κ3) is 5.47. The standard InChI is InChI=1S/C9H21N3O/c1-4-12(3)9(13)11-7-8(2)5-6-10/h8H,4-7,10H2,1-3H3,(H,11,13). The number of carbonyl (C=O) groups is 1. The molecule has 0 aliphatic rings. The number of carbonyl (C=O) groups excluding carboxylic acids is 1. The zero-order valence-electron chi connectivity index (χ0n) is 8.84. The maximum Gasteiger partial charge on any atom is 0.317 e. The van der Waals surface area contributed by atoms with Gasteiger partial charge in [0.25, 0.3) is 0 Å². The van der Waals surface area contributed by atoms with Crippen LogP contribution in [0.1, 0.15) is 20.3 Å². The van der Waals surface area contributed by atoms with E-state index in [0.29, 0.717) is 19.0 Å². The molecule has 0 spiro atoms. The average Bonchev–Trinajstić information content (AvgIpc) is 2.13. The van der Waals surface area contributed by atoms with E-state index >= 15 is 0 Å². The van der Waals surface area contributed by atoms with Crippen LogP contribution in [-0.4, -0.2) is 37.6 Å². The molecule has 0 aliphatic heterocycles. The van der Waals surface area contributed by atoms with Crippen molar-refractivity contribution < 1.29 is 4.79 Å². The van der Waals surface area contributed by atoms with Crippen LogP contribution in [-0.2, 0) is 0 Å². The van der Waals surface area contributed by atoms with Crippen molar-refractivity contribution in [1.29, 1.82) is 0 Å². The zero-order chi connectivity index (χ0) is 10.3. The number of nitrogens with two attached hydrogens (primary N) is 1. The van der Waals surface area contributed by atoms with Crippen LogP contribution in [0.2, 0.25) is 0 Å². The lowest BCUT2D eigenvalue weighted by molar-refractivity contribution is 0.209. The Bertz CT molecular complexity index is 150. The van der Waals surface area contributed by atoms with Gasteiger partial charge in [0.1, 0.15) is 0 Å².